The van der Waals surface area contributed by atoms with Crippen LogP contribution in [0.4, 0.5) is 0 Å². The van der Waals surface area contributed by atoms with Crippen molar-refractivity contribution in [3.8, 4) is 0 Å². The highest BCUT2D eigenvalue weighted by molar-refractivity contribution is 5.22. The van der Waals surface area contributed by atoms with Gasteiger partial charge in [0.1, 0.15) is 0 Å². The molecular weight excluding hydrogens is 278 g/mol. The highest BCUT2D eigenvalue weighted by atomic mass is 15.1. The maximum Gasteiger partial charge on any atom is 0.00496 e. The Hall–Kier alpha value is -0.300. The van der Waals surface area contributed by atoms with Crippen molar-refractivity contribution >= 4 is 0 Å². The van der Waals surface area contributed by atoms with E-state index in [2.05, 4.69) is 74.3 Å². The van der Waals surface area contributed by atoms with Crippen LogP contribution in [-0.2, 0) is 0 Å². The lowest BCUT2D eigenvalue weighted by Gasteiger charge is -2.53. The Balaban J connectivity index is 0.00000149. The number of allylic oxidation sites excluding steroid dienone is 1. The summed E-state index contributed by atoms with van der Waals surface area (Å²) in [5.41, 5.74) is 4.21. The smallest absolute Gasteiger partial charge is 0.00496 e. The third kappa shape index (κ3) is 5.34. The molecule has 1 fully saturated rings. The Labute approximate surface area is 147 Å². The zero-order valence-corrected chi connectivity index (χ0v) is 18.0. The Kier molecular flexibility index (Phi) is 9.74. The van der Waals surface area contributed by atoms with E-state index in [1.807, 2.05) is 0 Å². The van der Waals surface area contributed by atoms with Gasteiger partial charge >= 0.3 is 0 Å². The van der Waals surface area contributed by atoms with Crippen molar-refractivity contribution in [3.63, 3.8) is 0 Å². The standard InChI is InChI=1S/C19H37N.C3H8/c1-9-15(4)16-12-13-20(8)14-17(16)19(7,11-3)18(5,6)10-2;1-3-2/h17H,9-14H2,1-8H3;3H2,1-2H3/b16-15-;. The third-order valence-corrected chi connectivity index (χ3v) is 6.69. The Morgan fingerprint density at radius 2 is 1.57 bits per heavy atom. The quantitative estimate of drug-likeness (QED) is 0.496. The first kappa shape index (κ1) is 22.7. The average molecular weight is 324 g/mol. The summed E-state index contributed by atoms with van der Waals surface area (Å²) in [6.07, 6.45) is 6.26. The molecule has 0 N–H and O–H groups in total. The van der Waals surface area contributed by atoms with Crippen LogP contribution in [0.1, 0.15) is 94.4 Å². The Morgan fingerprint density at radius 3 is 1.96 bits per heavy atom. The van der Waals surface area contributed by atoms with Crippen molar-refractivity contribution in [1.82, 2.24) is 4.90 Å². The van der Waals surface area contributed by atoms with Crippen molar-refractivity contribution in [2.45, 2.75) is 94.4 Å². The summed E-state index contributed by atoms with van der Waals surface area (Å²) in [6.45, 7) is 23.6. The molecule has 0 aromatic carbocycles. The van der Waals surface area contributed by atoms with Gasteiger partial charge in [0.15, 0.2) is 0 Å². The maximum absolute atomic E-state index is 2.54. The number of rotatable bonds is 5. The number of likely N-dealkylation sites (tertiary alicyclic amines) is 1. The number of nitrogens with zero attached hydrogens (tertiary/aromatic N) is 1. The molecular formula is C22H45N. The fourth-order valence-electron chi connectivity index (χ4n) is 3.92. The first-order valence-corrected chi connectivity index (χ1v) is 10.0. The van der Waals surface area contributed by atoms with Crippen LogP contribution in [0.2, 0.25) is 0 Å². The number of piperidine rings is 1. The molecule has 0 aromatic heterocycles. The lowest BCUT2D eigenvalue weighted by molar-refractivity contribution is 0.00370. The molecule has 0 aliphatic carbocycles. The molecule has 2 atom stereocenters. The molecule has 1 rings (SSSR count). The van der Waals surface area contributed by atoms with E-state index >= 15 is 0 Å². The predicted molar refractivity (Wildman–Crippen MR) is 107 cm³/mol. The second-order valence-corrected chi connectivity index (χ2v) is 8.44. The van der Waals surface area contributed by atoms with Gasteiger partial charge in [-0.1, -0.05) is 79.4 Å². The van der Waals surface area contributed by atoms with Gasteiger partial charge in [-0.25, -0.2) is 0 Å². The zero-order chi connectivity index (χ0) is 18.3. The summed E-state index contributed by atoms with van der Waals surface area (Å²) < 4.78 is 0. The summed E-state index contributed by atoms with van der Waals surface area (Å²) >= 11 is 0. The molecule has 0 radical (unpaired) electrons. The van der Waals surface area contributed by atoms with Crippen LogP contribution in [0.3, 0.4) is 0 Å². The fourth-order valence-corrected chi connectivity index (χ4v) is 3.92. The maximum atomic E-state index is 2.54. The number of hydrogen-bond acceptors (Lipinski definition) is 1. The summed E-state index contributed by atoms with van der Waals surface area (Å²) in [6, 6.07) is 0. The molecule has 1 nitrogen and oxygen atoms in total. The van der Waals surface area contributed by atoms with E-state index in [0.717, 1.165) is 5.92 Å². The van der Waals surface area contributed by atoms with Gasteiger partial charge in [-0.2, -0.15) is 0 Å². The van der Waals surface area contributed by atoms with Gasteiger partial charge in [0, 0.05) is 13.1 Å². The van der Waals surface area contributed by atoms with Crippen molar-refractivity contribution in [2.75, 3.05) is 20.1 Å². The van der Waals surface area contributed by atoms with Gasteiger partial charge in [0.2, 0.25) is 0 Å². The van der Waals surface area contributed by atoms with E-state index < -0.39 is 0 Å². The van der Waals surface area contributed by atoms with Crippen LogP contribution < -0.4 is 0 Å². The summed E-state index contributed by atoms with van der Waals surface area (Å²) in [4.78, 5) is 2.54. The molecule has 1 heterocycles. The average Bonchev–Trinajstić information content (AvgIpc) is 2.53. The molecule has 1 aliphatic heterocycles. The van der Waals surface area contributed by atoms with E-state index in [1.54, 1.807) is 11.1 Å². The van der Waals surface area contributed by atoms with Crippen LogP contribution in [0.25, 0.3) is 0 Å². The van der Waals surface area contributed by atoms with Gasteiger partial charge < -0.3 is 4.90 Å². The minimum atomic E-state index is 0.391. The summed E-state index contributed by atoms with van der Waals surface area (Å²) in [5, 5.41) is 0. The molecule has 0 amide bonds. The van der Waals surface area contributed by atoms with Crippen molar-refractivity contribution in [3.05, 3.63) is 11.1 Å². The third-order valence-electron chi connectivity index (χ3n) is 6.69. The predicted octanol–water partition coefficient (Wildman–Crippen LogP) is 6.93. The highest BCUT2D eigenvalue weighted by Crippen LogP contribution is 2.53. The van der Waals surface area contributed by atoms with Crippen LogP contribution in [0.5, 0.6) is 0 Å². The summed E-state index contributed by atoms with van der Waals surface area (Å²) in [5.74, 6) is 0.723. The molecule has 138 valence electrons. The first-order chi connectivity index (χ1) is 10.6. The normalized spacial score (nSPS) is 24.5. The van der Waals surface area contributed by atoms with Gasteiger partial charge in [0.25, 0.3) is 0 Å². The Bertz CT molecular complexity index is 366. The van der Waals surface area contributed by atoms with Crippen LogP contribution in [0.15, 0.2) is 11.1 Å². The molecule has 23 heavy (non-hydrogen) atoms. The lowest BCUT2D eigenvalue weighted by Crippen LogP contribution is -2.49. The van der Waals surface area contributed by atoms with E-state index in [9.17, 15) is 0 Å². The monoisotopic (exact) mass is 323 g/mol. The second kappa shape index (κ2) is 9.87. The minimum Gasteiger partial charge on any atom is -0.305 e. The molecule has 1 saturated heterocycles. The summed E-state index contributed by atoms with van der Waals surface area (Å²) in [7, 11) is 2.29. The van der Waals surface area contributed by atoms with Crippen LogP contribution >= 0.6 is 0 Å². The van der Waals surface area contributed by atoms with Crippen molar-refractivity contribution in [2.24, 2.45) is 16.7 Å². The van der Waals surface area contributed by atoms with Gasteiger partial charge in [-0.3, -0.25) is 0 Å². The Morgan fingerprint density at radius 1 is 1.04 bits per heavy atom. The van der Waals surface area contributed by atoms with E-state index in [1.165, 1.54) is 45.2 Å². The van der Waals surface area contributed by atoms with Crippen molar-refractivity contribution < 1.29 is 0 Å². The topological polar surface area (TPSA) is 3.24 Å². The zero-order valence-electron chi connectivity index (χ0n) is 18.0. The van der Waals surface area contributed by atoms with Crippen LogP contribution in [-0.4, -0.2) is 25.0 Å². The molecule has 0 saturated carbocycles. The molecule has 1 heteroatoms. The molecule has 1 aliphatic rings. The number of hydrogen-bond donors (Lipinski definition) is 0. The van der Waals surface area contributed by atoms with E-state index in [0.29, 0.717) is 10.8 Å². The van der Waals surface area contributed by atoms with Gasteiger partial charge in [-0.05, 0) is 50.0 Å². The fraction of sp³-hybridized carbons (Fsp3) is 0.909. The molecule has 2 unspecified atom stereocenters. The lowest BCUT2D eigenvalue weighted by atomic mass is 9.54. The minimum absolute atomic E-state index is 0.391. The van der Waals surface area contributed by atoms with Crippen molar-refractivity contribution in [1.29, 1.82) is 0 Å². The largest absolute Gasteiger partial charge is 0.305 e. The van der Waals surface area contributed by atoms with Crippen LogP contribution in [0, 0.1) is 16.7 Å². The molecule has 0 bridgehead atoms. The SMILES string of the molecule is CC/C(C)=C1/CCN(C)CC1C(C)(CC)C(C)(C)CC.CCC. The van der Waals surface area contributed by atoms with E-state index in [-0.39, 0.29) is 0 Å². The van der Waals surface area contributed by atoms with E-state index in [4.69, 9.17) is 0 Å². The second-order valence-electron chi connectivity index (χ2n) is 8.44. The first-order valence-electron chi connectivity index (χ1n) is 10.0. The van der Waals surface area contributed by atoms with Gasteiger partial charge in [0.05, 0.1) is 0 Å². The molecule has 0 spiro atoms. The molecule has 0 aromatic rings. The highest BCUT2D eigenvalue weighted by Gasteiger charge is 2.47. The van der Waals surface area contributed by atoms with Gasteiger partial charge in [-0.15, -0.1) is 0 Å².